The van der Waals surface area contributed by atoms with Crippen LogP contribution in [0.25, 0.3) is 0 Å². The first-order valence-corrected chi connectivity index (χ1v) is 12.5. The molecule has 0 aliphatic carbocycles. The van der Waals surface area contributed by atoms with E-state index in [0.29, 0.717) is 63.2 Å². The summed E-state index contributed by atoms with van der Waals surface area (Å²) >= 11 is 0. The van der Waals surface area contributed by atoms with Crippen molar-refractivity contribution in [3.8, 4) is 12.1 Å². The van der Waals surface area contributed by atoms with E-state index in [0.717, 1.165) is 24.7 Å². The van der Waals surface area contributed by atoms with Gasteiger partial charge < -0.3 is 31.2 Å². The summed E-state index contributed by atoms with van der Waals surface area (Å²) in [5.74, 6) is 0.118. The second kappa shape index (κ2) is 12.0. The van der Waals surface area contributed by atoms with E-state index in [1.807, 2.05) is 35.2 Å². The number of piperidine rings is 1. The van der Waals surface area contributed by atoms with Gasteiger partial charge in [-0.05, 0) is 43.0 Å². The highest BCUT2D eigenvalue weighted by atomic mass is 16.2. The van der Waals surface area contributed by atoms with Crippen molar-refractivity contribution in [1.82, 2.24) is 14.9 Å². The SMILES string of the molecule is N#CCC(=O)N1CCN(c2ccc(Nc3nc(N4CCC(CC#N)CC4)nc(C=N)c3C(N)=O)cc2)CC1. The number of primary amides is 1. The van der Waals surface area contributed by atoms with Crippen molar-refractivity contribution in [3.05, 3.63) is 35.5 Å². The molecular weight excluding hydrogens is 484 g/mol. The van der Waals surface area contributed by atoms with Gasteiger partial charge in [0.25, 0.3) is 5.91 Å². The first-order valence-electron chi connectivity index (χ1n) is 12.5. The molecule has 0 bridgehead atoms. The monoisotopic (exact) mass is 514 g/mol. The molecule has 38 heavy (non-hydrogen) atoms. The van der Waals surface area contributed by atoms with E-state index in [1.165, 1.54) is 0 Å². The van der Waals surface area contributed by atoms with Gasteiger partial charge >= 0.3 is 0 Å². The van der Waals surface area contributed by atoms with Gasteiger partial charge in [0.15, 0.2) is 0 Å². The zero-order valence-electron chi connectivity index (χ0n) is 21.1. The van der Waals surface area contributed by atoms with Crippen LogP contribution in [0.5, 0.6) is 0 Å². The summed E-state index contributed by atoms with van der Waals surface area (Å²) in [4.78, 5) is 39.1. The predicted octanol–water partition coefficient (Wildman–Crippen LogP) is 2.01. The number of amides is 2. The third-order valence-corrected chi connectivity index (χ3v) is 6.94. The van der Waals surface area contributed by atoms with Gasteiger partial charge in [-0.1, -0.05) is 0 Å². The fraction of sp³-hybridized carbons (Fsp3) is 0.423. The van der Waals surface area contributed by atoms with Gasteiger partial charge in [-0.25, -0.2) is 4.98 Å². The molecule has 0 spiro atoms. The topological polar surface area (TPSA) is 179 Å². The molecule has 2 aliphatic rings. The molecule has 1 aromatic heterocycles. The minimum atomic E-state index is -0.731. The van der Waals surface area contributed by atoms with Gasteiger partial charge in [-0.3, -0.25) is 9.59 Å². The predicted molar refractivity (Wildman–Crippen MR) is 142 cm³/mol. The number of rotatable bonds is 8. The Morgan fingerprint density at radius 2 is 1.71 bits per heavy atom. The molecule has 4 rings (SSSR count). The number of benzene rings is 1. The Morgan fingerprint density at radius 3 is 2.29 bits per heavy atom. The molecule has 2 aromatic rings. The number of hydrogen-bond acceptors (Lipinski definition) is 10. The molecular formula is C26H30N10O2. The first-order chi connectivity index (χ1) is 18.4. The zero-order chi connectivity index (χ0) is 27.1. The summed E-state index contributed by atoms with van der Waals surface area (Å²) in [6, 6.07) is 11.8. The smallest absolute Gasteiger partial charge is 0.254 e. The van der Waals surface area contributed by atoms with E-state index in [4.69, 9.17) is 21.7 Å². The number of aromatic nitrogens is 2. The standard InChI is InChI=1S/C26H30N10O2/c27-9-5-18-7-11-36(12-8-18)26-32-21(17-29)23(24(30)38)25(33-26)31-19-1-3-20(4-2-19)34-13-15-35(16-14-34)22(37)6-10-28/h1-4,17-18,29H,5-8,11-16H2,(H2,30,38)(H,31,32,33). The fourth-order valence-corrected chi connectivity index (χ4v) is 4.80. The summed E-state index contributed by atoms with van der Waals surface area (Å²) < 4.78 is 0. The number of carbonyl (C=O) groups is 2. The lowest BCUT2D eigenvalue weighted by Gasteiger charge is -2.36. The Labute approximate surface area is 221 Å². The average molecular weight is 515 g/mol. The van der Waals surface area contributed by atoms with Gasteiger partial charge in [0, 0.05) is 63.3 Å². The molecule has 2 amide bonds. The Hall–Kier alpha value is -4.71. The Balaban J connectivity index is 1.49. The maximum Gasteiger partial charge on any atom is 0.254 e. The largest absolute Gasteiger partial charge is 0.368 e. The molecule has 2 fully saturated rings. The molecule has 196 valence electrons. The Kier molecular flexibility index (Phi) is 8.34. The van der Waals surface area contributed by atoms with Gasteiger partial charge in [0.05, 0.1) is 12.1 Å². The Morgan fingerprint density at radius 1 is 1.03 bits per heavy atom. The minimum Gasteiger partial charge on any atom is -0.368 e. The number of anilines is 4. The van der Waals surface area contributed by atoms with Crippen molar-refractivity contribution in [3.63, 3.8) is 0 Å². The zero-order valence-corrected chi connectivity index (χ0v) is 21.1. The molecule has 4 N–H and O–H groups in total. The van der Waals surface area contributed by atoms with Gasteiger partial charge in [0.2, 0.25) is 11.9 Å². The van der Waals surface area contributed by atoms with Crippen LogP contribution in [0, 0.1) is 34.0 Å². The lowest BCUT2D eigenvalue weighted by atomic mass is 9.94. The maximum atomic E-state index is 12.3. The molecule has 1 aromatic carbocycles. The van der Waals surface area contributed by atoms with Crippen LogP contribution in [0.2, 0.25) is 0 Å². The van der Waals surface area contributed by atoms with Crippen molar-refractivity contribution in [2.24, 2.45) is 11.7 Å². The normalized spacial score (nSPS) is 15.9. The summed E-state index contributed by atoms with van der Waals surface area (Å²) in [5.41, 5.74) is 7.50. The van der Waals surface area contributed by atoms with Crippen LogP contribution in [0.1, 0.15) is 41.7 Å². The summed E-state index contributed by atoms with van der Waals surface area (Å²) in [6.07, 6.45) is 3.12. The second-order valence-electron chi connectivity index (χ2n) is 9.31. The number of nitrogens with zero attached hydrogens (tertiary/aromatic N) is 7. The van der Waals surface area contributed by atoms with Crippen LogP contribution in [-0.4, -0.2) is 72.2 Å². The number of piperazine rings is 1. The molecule has 0 radical (unpaired) electrons. The summed E-state index contributed by atoms with van der Waals surface area (Å²) in [5, 5.41) is 28.7. The van der Waals surface area contributed by atoms with Crippen LogP contribution in [0.4, 0.5) is 23.1 Å². The van der Waals surface area contributed by atoms with Gasteiger partial charge in [-0.2, -0.15) is 15.5 Å². The van der Waals surface area contributed by atoms with Crippen LogP contribution in [0.3, 0.4) is 0 Å². The second-order valence-corrected chi connectivity index (χ2v) is 9.31. The highest BCUT2D eigenvalue weighted by Crippen LogP contribution is 2.28. The van der Waals surface area contributed by atoms with Crippen molar-refractivity contribution < 1.29 is 9.59 Å². The summed E-state index contributed by atoms with van der Waals surface area (Å²) in [6.45, 7) is 3.82. The number of carbonyl (C=O) groups excluding carboxylic acids is 2. The van der Waals surface area contributed by atoms with Crippen LogP contribution < -0.4 is 20.9 Å². The third-order valence-electron chi connectivity index (χ3n) is 6.94. The number of nitrogens with two attached hydrogens (primary N) is 1. The molecule has 12 nitrogen and oxygen atoms in total. The van der Waals surface area contributed by atoms with Crippen LogP contribution in [0.15, 0.2) is 24.3 Å². The molecule has 3 heterocycles. The number of nitriles is 2. The summed E-state index contributed by atoms with van der Waals surface area (Å²) in [7, 11) is 0. The maximum absolute atomic E-state index is 12.3. The third kappa shape index (κ3) is 5.98. The van der Waals surface area contributed by atoms with Gasteiger partial charge in [0.1, 0.15) is 23.5 Å². The van der Waals surface area contributed by atoms with Crippen molar-refractivity contribution in [1.29, 1.82) is 15.9 Å². The minimum absolute atomic E-state index is 0.0466. The van der Waals surface area contributed by atoms with E-state index in [-0.39, 0.29) is 29.4 Å². The molecule has 0 atom stereocenters. The van der Waals surface area contributed by atoms with Crippen molar-refractivity contribution in [2.45, 2.75) is 25.7 Å². The fourth-order valence-electron chi connectivity index (χ4n) is 4.80. The van der Waals surface area contributed by atoms with E-state index in [1.54, 1.807) is 4.90 Å². The van der Waals surface area contributed by atoms with Crippen LogP contribution >= 0.6 is 0 Å². The quantitative estimate of drug-likeness (QED) is 0.444. The molecule has 2 aliphatic heterocycles. The van der Waals surface area contributed by atoms with E-state index in [2.05, 4.69) is 26.3 Å². The molecule has 12 heteroatoms. The highest BCUT2D eigenvalue weighted by Gasteiger charge is 2.25. The van der Waals surface area contributed by atoms with Crippen molar-refractivity contribution in [2.75, 3.05) is 54.4 Å². The first kappa shape index (κ1) is 26.4. The van der Waals surface area contributed by atoms with Crippen molar-refractivity contribution >= 4 is 41.2 Å². The number of hydrogen-bond donors (Lipinski definition) is 3. The van der Waals surface area contributed by atoms with E-state index in [9.17, 15) is 9.59 Å². The lowest BCUT2D eigenvalue weighted by Crippen LogP contribution is -2.48. The molecule has 0 saturated carbocycles. The molecule has 0 unspecified atom stereocenters. The Bertz CT molecular complexity index is 1260. The van der Waals surface area contributed by atoms with Gasteiger partial charge in [-0.15, -0.1) is 0 Å². The number of nitrogens with one attached hydrogen (secondary N) is 2. The van der Waals surface area contributed by atoms with E-state index >= 15 is 0 Å². The average Bonchev–Trinajstić information content (AvgIpc) is 2.93. The van der Waals surface area contributed by atoms with E-state index < -0.39 is 5.91 Å². The highest BCUT2D eigenvalue weighted by molar-refractivity contribution is 6.04. The molecule has 2 saturated heterocycles. The van der Waals surface area contributed by atoms with Crippen LogP contribution in [-0.2, 0) is 4.79 Å². The lowest BCUT2D eigenvalue weighted by molar-refractivity contribution is -0.130.